The number of aryl methyl sites for hydroxylation is 1. The minimum atomic E-state index is -0.310. The summed E-state index contributed by atoms with van der Waals surface area (Å²) in [6.45, 7) is 3.98. The number of thiazole rings is 1. The highest BCUT2D eigenvalue weighted by atomic mass is 32.2. The highest BCUT2D eigenvalue weighted by molar-refractivity contribution is 7.98. The van der Waals surface area contributed by atoms with Crippen LogP contribution < -0.4 is 4.74 Å². The Hall–Kier alpha value is -2.71. The third kappa shape index (κ3) is 4.71. The number of thioether (sulfide) groups is 1. The van der Waals surface area contributed by atoms with Crippen molar-refractivity contribution in [2.45, 2.75) is 30.9 Å². The molecule has 4 aromatic rings. The SMILES string of the molecule is Cc1ccc(-c2nc(CSc3nnc(C(C)Oc4ccc(F)cc4)n3C)cs2)cc1. The minimum absolute atomic E-state index is 0.292. The molecule has 154 valence electrons. The maximum Gasteiger partial charge on any atom is 0.191 e. The van der Waals surface area contributed by atoms with Crippen LogP contribution >= 0.6 is 23.1 Å². The average molecular weight is 441 g/mol. The van der Waals surface area contributed by atoms with Gasteiger partial charge in [0.1, 0.15) is 16.6 Å². The first-order valence-electron chi connectivity index (χ1n) is 9.45. The van der Waals surface area contributed by atoms with Gasteiger partial charge in [-0.1, -0.05) is 41.6 Å². The van der Waals surface area contributed by atoms with E-state index >= 15 is 0 Å². The van der Waals surface area contributed by atoms with Crippen molar-refractivity contribution in [3.05, 3.63) is 76.8 Å². The molecular formula is C22H21FN4OS2. The first-order valence-corrected chi connectivity index (χ1v) is 11.3. The van der Waals surface area contributed by atoms with Gasteiger partial charge in [-0.25, -0.2) is 9.37 Å². The molecule has 0 bridgehead atoms. The van der Waals surface area contributed by atoms with Crippen LogP contribution in [0.15, 0.2) is 59.1 Å². The van der Waals surface area contributed by atoms with Crippen LogP contribution in [0.4, 0.5) is 4.39 Å². The number of nitrogens with zero attached hydrogens (tertiary/aromatic N) is 4. The first-order chi connectivity index (χ1) is 14.5. The van der Waals surface area contributed by atoms with E-state index in [1.807, 2.05) is 18.5 Å². The highest BCUT2D eigenvalue weighted by Gasteiger charge is 2.18. The van der Waals surface area contributed by atoms with Crippen LogP contribution in [0.1, 0.15) is 30.1 Å². The fourth-order valence-corrected chi connectivity index (χ4v) is 4.66. The summed E-state index contributed by atoms with van der Waals surface area (Å²) in [5, 5.41) is 12.5. The van der Waals surface area contributed by atoms with E-state index in [0.717, 1.165) is 21.4 Å². The van der Waals surface area contributed by atoms with E-state index in [9.17, 15) is 4.39 Å². The number of hydrogen-bond donors (Lipinski definition) is 0. The Labute approximate surface area is 183 Å². The fraction of sp³-hybridized carbons (Fsp3) is 0.227. The Morgan fingerprint density at radius 2 is 1.83 bits per heavy atom. The van der Waals surface area contributed by atoms with Gasteiger partial charge in [0.15, 0.2) is 17.1 Å². The maximum absolute atomic E-state index is 13.1. The molecule has 0 N–H and O–H groups in total. The fourth-order valence-electron chi connectivity index (χ4n) is 2.92. The van der Waals surface area contributed by atoms with E-state index in [-0.39, 0.29) is 11.9 Å². The normalized spacial score (nSPS) is 12.1. The molecule has 2 aromatic heterocycles. The molecule has 0 amide bonds. The van der Waals surface area contributed by atoms with E-state index in [1.165, 1.54) is 17.7 Å². The summed E-state index contributed by atoms with van der Waals surface area (Å²) in [7, 11) is 1.92. The lowest BCUT2D eigenvalue weighted by atomic mass is 10.2. The second-order valence-electron chi connectivity index (χ2n) is 6.91. The van der Waals surface area contributed by atoms with Gasteiger partial charge < -0.3 is 9.30 Å². The largest absolute Gasteiger partial charge is 0.483 e. The topological polar surface area (TPSA) is 52.8 Å². The van der Waals surface area contributed by atoms with Crippen molar-refractivity contribution in [1.82, 2.24) is 19.7 Å². The Bertz CT molecular complexity index is 1120. The van der Waals surface area contributed by atoms with Gasteiger partial charge in [0.05, 0.1) is 5.69 Å². The average Bonchev–Trinajstić information content (AvgIpc) is 3.35. The van der Waals surface area contributed by atoms with Crippen molar-refractivity contribution in [1.29, 1.82) is 0 Å². The second kappa shape index (κ2) is 8.97. The highest BCUT2D eigenvalue weighted by Crippen LogP contribution is 2.29. The van der Waals surface area contributed by atoms with Gasteiger partial charge in [-0.05, 0) is 38.1 Å². The zero-order valence-electron chi connectivity index (χ0n) is 16.9. The molecule has 1 atom stereocenters. The predicted octanol–water partition coefficient (Wildman–Crippen LogP) is 5.82. The smallest absolute Gasteiger partial charge is 0.191 e. The van der Waals surface area contributed by atoms with E-state index < -0.39 is 0 Å². The number of benzene rings is 2. The molecule has 1 unspecified atom stereocenters. The van der Waals surface area contributed by atoms with Gasteiger partial charge in [0.2, 0.25) is 0 Å². The number of ether oxygens (including phenoxy) is 1. The van der Waals surface area contributed by atoms with Crippen molar-refractivity contribution in [3.8, 4) is 16.3 Å². The monoisotopic (exact) mass is 440 g/mol. The van der Waals surface area contributed by atoms with Crippen LogP contribution in [0.25, 0.3) is 10.6 Å². The molecule has 0 radical (unpaired) electrons. The second-order valence-corrected chi connectivity index (χ2v) is 8.71. The summed E-state index contributed by atoms with van der Waals surface area (Å²) < 4.78 is 20.8. The standard InChI is InChI=1S/C22H21FN4OS2/c1-14-4-6-16(7-5-14)21-24-18(12-29-21)13-30-22-26-25-20(27(22)3)15(2)28-19-10-8-17(23)9-11-19/h4-12,15H,13H2,1-3H3. The quantitative estimate of drug-likeness (QED) is 0.339. The molecule has 2 aromatic carbocycles. The molecular weight excluding hydrogens is 419 g/mol. The van der Waals surface area contributed by atoms with Crippen molar-refractivity contribution in [2.75, 3.05) is 0 Å². The molecule has 5 nitrogen and oxygen atoms in total. The molecule has 0 spiro atoms. The van der Waals surface area contributed by atoms with Crippen molar-refractivity contribution < 1.29 is 9.13 Å². The lowest BCUT2D eigenvalue weighted by Gasteiger charge is -2.14. The third-order valence-electron chi connectivity index (χ3n) is 4.56. The van der Waals surface area contributed by atoms with Gasteiger partial charge in [-0.15, -0.1) is 21.5 Å². The number of aromatic nitrogens is 4. The number of hydrogen-bond acceptors (Lipinski definition) is 6. The molecule has 0 aliphatic carbocycles. The van der Waals surface area contributed by atoms with Crippen LogP contribution in [0.5, 0.6) is 5.75 Å². The number of rotatable bonds is 7. The molecule has 30 heavy (non-hydrogen) atoms. The van der Waals surface area contributed by atoms with E-state index in [4.69, 9.17) is 9.72 Å². The zero-order chi connectivity index (χ0) is 21.1. The first kappa shape index (κ1) is 20.6. The summed E-state index contributed by atoms with van der Waals surface area (Å²) >= 11 is 3.23. The lowest BCUT2D eigenvalue weighted by molar-refractivity contribution is 0.211. The summed E-state index contributed by atoms with van der Waals surface area (Å²) in [5.41, 5.74) is 3.39. The summed E-state index contributed by atoms with van der Waals surface area (Å²) in [5.74, 6) is 1.72. The van der Waals surface area contributed by atoms with E-state index in [1.54, 1.807) is 35.2 Å². The van der Waals surface area contributed by atoms with E-state index in [2.05, 4.69) is 46.8 Å². The van der Waals surface area contributed by atoms with Gasteiger partial charge in [-0.2, -0.15) is 0 Å². The molecule has 0 aliphatic heterocycles. The van der Waals surface area contributed by atoms with Crippen LogP contribution in [0, 0.1) is 12.7 Å². The van der Waals surface area contributed by atoms with Crippen molar-refractivity contribution in [2.24, 2.45) is 7.05 Å². The lowest BCUT2D eigenvalue weighted by Crippen LogP contribution is -2.10. The predicted molar refractivity (Wildman–Crippen MR) is 118 cm³/mol. The molecule has 0 fully saturated rings. The van der Waals surface area contributed by atoms with E-state index in [0.29, 0.717) is 17.3 Å². The number of halogens is 1. The minimum Gasteiger partial charge on any atom is -0.483 e. The third-order valence-corrected chi connectivity index (χ3v) is 6.55. The van der Waals surface area contributed by atoms with Gasteiger partial charge in [-0.3, -0.25) is 0 Å². The Morgan fingerprint density at radius 1 is 1.10 bits per heavy atom. The molecule has 8 heteroatoms. The van der Waals surface area contributed by atoms with Gasteiger partial charge in [0.25, 0.3) is 0 Å². The zero-order valence-corrected chi connectivity index (χ0v) is 18.5. The van der Waals surface area contributed by atoms with Crippen LogP contribution in [0.2, 0.25) is 0 Å². The molecule has 4 rings (SSSR count). The Morgan fingerprint density at radius 3 is 2.57 bits per heavy atom. The summed E-state index contributed by atoms with van der Waals surface area (Å²) in [6, 6.07) is 14.4. The van der Waals surface area contributed by atoms with Crippen molar-refractivity contribution >= 4 is 23.1 Å². The molecule has 0 saturated carbocycles. The van der Waals surface area contributed by atoms with Gasteiger partial charge >= 0.3 is 0 Å². The van der Waals surface area contributed by atoms with Crippen LogP contribution in [-0.4, -0.2) is 19.7 Å². The molecule has 0 aliphatic rings. The van der Waals surface area contributed by atoms with Crippen LogP contribution in [-0.2, 0) is 12.8 Å². The van der Waals surface area contributed by atoms with Crippen LogP contribution in [0.3, 0.4) is 0 Å². The Balaban J connectivity index is 1.39. The van der Waals surface area contributed by atoms with Crippen molar-refractivity contribution in [3.63, 3.8) is 0 Å². The summed E-state index contributed by atoms with van der Waals surface area (Å²) in [6.07, 6.45) is -0.310. The Kier molecular flexibility index (Phi) is 6.15. The maximum atomic E-state index is 13.1. The molecule has 0 saturated heterocycles. The summed E-state index contributed by atoms with van der Waals surface area (Å²) in [4.78, 5) is 4.74. The molecule has 2 heterocycles. The van der Waals surface area contributed by atoms with Gasteiger partial charge in [0, 0.05) is 23.7 Å².